The average Bonchev–Trinajstić information content (AvgIpc) is 2.34. The van der Waals surface area contributed by atoms with Crippen molar-refractivity contribution >= 4 is 0 Å². The van der Waals surface area contributed by atoms with E-state index in [0.717, 1.165) is 18.4 Å². The van der Waals surface area contributed by atoms with Crippen LogP contribution in [-0.2, 0) is 6.42 Å². The monoisotopic (exact) mass is 259 g/mol. The molecule has 0 aromatic heterocycles. The van der Waals surface area contributed by atoms with Gasteiger partial charge >= 0.3 is 6.18 Å². The number of aryl methyl sites for hydroxylation is 1. The van der Waals surface area contributed by atoms with E-state index in [9.17, 15) is 13.2 Å². The van der Waals surface area contributed by atoms with Gasteiger partial charge in [0.25, 0.3) is 0 Å². The summed E-state index contributed by atoms with van der Waals surface area (Å²) in [6.45, 7) is 4.02. The molecule has 1 rings (SSSR count). The number of rotatable bonds is 6. The molecule has 0 aliphatic rings. The summed E-state index contributed by atoms with van der Waals surface area (Å²) < 4.78 is 36.2. The van der Waals surface area contributed by atoms with Gasteiger partial charge in [-0.1, -0.05) is 38.1 Å². The van der Waals surface area contributed by atoms with Crippen molar-refractivity contribution in [1.82, 2.24) is 5.32 Å². The van der Waals surface area contributed by atoms with Gasteiger partial charge in [-0.05, 0) is 24.0 Å². The summed E-state index contributed by atoms with van der Waals surface area (Å²) in [5.41, 5.74) is 2.29. The lowest BCUT2D eigenvalue weighted by Crippen LogP contribution is -2.25. The number of hydrogen-bond acceptors (Lipinski definition) is 1. The minimum Gasteiger partial charge on any atom is -0.310 e. The fourth-order valence-corrected chi connectivity index (χ4v) is 1.87. The molecule has 0 spiro atoms. The van der Waals surface area contributed by atoms with E-state index in [1.165, 1.54) is 5.56 Å². The summed E-state index contributed by atoms with van der Waals surface area (Å²) in [6.07, 6.45) is -3.12. The van der Waals surface area contributed by atoms with E-state index in [1.807, 2.05) is 31.2 Å². The van der Waals surface area contributed by atoms with Crippen LogP contribution in [0.2, 0.25) is 0 Å². The molecule has 0 heterocycles. The summed E-state index contributed by atoms with van der Waals surface area (Å²) in [7, 11) is 0. The quantitative estimate of drug-likeness (QED) is 0.805. The Morgan fingerprint density at radius 3 is 2.17 bits per heavy atom. The average molecular weight is 259 g/mol. The second-order valence-electron chi connectivity index (χ2n) is 4.38. The Hall–Kier alpha value is -1.03. The van der Waals surface area contributed by atoms with Crippen LogP contribution >= 0.6 is 0 Å². The second-order valence-corrected chi connectivity index (χ2v) is 4.38. The lowest BCUT2D eigenvalue weighted by Gasteiger charge is -2.18. The van der Waals surface area contributed by atoms with Gasteiger partial charge in [-0.2, -0.15) is 13.2 Å². The van der Waals surface area contributed by atoms with Crippen molar-refractivity contribution in [2.24, 2.45) is 0 Å². The minimum absolute atomic E-state index is 0.00161. The molecule has 1 nitrogen and oxygen atoms in total. The van der Waals surface area contributed by atoms with E-state index in [4.69, 9.17) is 0 Å². The third-order valence-corrected chi connectivity index (χ3v) is 3.00. The van der Waals surface area contributed by atoms with Crippen molar-refractivity contribution < 1.29 is 13.2 Å². The van der Waals surface area contributed by atoms with Crippen LogP contribution in [0, 0.1) is 0 Å². The first-order valence-electron chi connectivity index (χ1n) is 6.35. The largest absolute Gasteiger partial charge is 0.390 e. The number of hydrogen-bond donors (Lipinski definition) is 1. The molecule has 0 saturated heterocycles. The third kappa shape index (κ3) is 5.08. The minimum atomic E-state index is -4.09. The summed E-state index contributed by atoms with van der Waals surface area (Å²) in [6, 6.07) is 8.05. The molecule has 1 aromatic carbocycles. The molecule has 4 heteroatoms. The first-order valence-corrected chi connectivity index (χ1v) is 6.35. The van der Waals surface area contributed by atoms with Crippen LogP contribution in [0.4, 0.5) is 13.2 Å². The number of nitrogens with one attached hydrogen (secondary N) is 1. The van der Waals surface area contributed by atoms with Crippen molar-refractivity contribution in [3.05, 3.63) is 35.4 Å². The van der Waals surface area contributed by atoms with E-state index in [0.29, 0.717) is 0 Å². The van der Waals surface area contributed by atoms with Gasteiger partial charge in [0.15, 0.2) is 0 Å². The van der Waals surface area contributed by atoms with Crippen LogP contribution in [-0.4, -0.2) is 12.7 Å². The number of alkyl halides is 3. The molecule has 0 fully saturated rings. The SMILES string of the molecule is CCc1ccc(C(CC)NCCC(F)(F)F)cc1. The van der Waals surface area contributed by atoms with E-state index >= 15 is 0 Å². The standard InChI is InChI=1S/C14H20F3N/c1-3-11-5-7-12(8-6-11)13(4-2)18-10-9-14(15,16)17/h5-8,13,18H,3-4,9-10H2,1-2H3. The maximum Gasteiger partial charge on any atom is 0.390 e. The first-order chi connectivity index (χ1) is 8.46. The summed E-state index contributed by atoms with van der Waals surface area (Å²) in [5.74, 6) is 0. The van der Waals surface area contributed by atoms with Crippen LogP contribution < -0.4 is 5.32 Å². The highest BCUT2D eigenvalue weighted by Crippen LogP contribution is 2.21. The molecule has 1 atom stereocenters. The summed E-state index contributed by atoms with van der Waals surface area (Å²) in [5, 5.41) is 2.96. The van der Waals surface area contributed by atoms with Crippen molar-refractivity contribution in [2.45, 2.75) is 45.3 Å². The van der Waals surface area contributed by atoms with Crippen LogP contribution in [0.25, 0.3) is 0 Å². The van der Waals surface area contributed by atoms with Crippen LogP contribution in [0.5, 0.6) is 0 Å². The lowest BCUT2D eigenvalue weighted by atomic mass is 10.0. The third-order valence-electron chi connectivity index (χ3n) is 3.00. The van der Waals surface area contributed by atoms with E-state index in [1.54, 1.807) is 0 Å². The normalized spacial score (nSPS) is 13.6. The fraction of sp³-hybridized carbons (Fsp3) is 0.571. The lowest BCUT2D eigenvalue weighted by molar-refractivity contribution is -0.133. The summed E-state index contributed by atoms with van der Waals surface area (Å²) in [4.78, 5) is 0. The van der Waals surface area contributed by atoms with Gasteiger partial charge in [0.05, 0.1) is 6.42 Å². The van der Waals surface area contributed by atoms with Gasteiger partial charge in [-0.3, -0.25) is 0 Å². The predicted molar refractivity (Wildman–Crippen MR) is 67.5 cm³/mol. The first kappa shape index (κ1) is 15.0. The Morgan fingerprint density at radius 2 is 1.72 bits per heavy atom. The highest BCUT2D eigenvalue weighted by molar-refractivity contribution is 5.24. The van der Waals surface area contributed by atoms with Gasteiger partial charge in [0.1, 0.15) is 0 Å². The molecule has 0 aliphatic heterocycles. The molecule has 1 aromatic rings. The molecule has 0 radical (unpaired) electrons. The van der Waals surface area contributed by atoms with E-state index in [-0.39, 0.29) is 12.6 Å². The van der Waals surface area contributed by atoms with Gasteiger partial charge in [-0.25, -0.2) is 0 Å². The maximum atomic E-state index is 12.1. The van der Waals surface area contributed by atoms with Crippen molar-refractivity contribution in [3.63, 3.8) is 0 Å². The van der Waals surface area contributed by atoms with Gasteiger partial charge in [0, 0.05) is 12.6 Å². The smallest absolute Gasteiger partial charge is 0.310 e. The van der Waals surface area contributed by atoms with Crippen molar-refractivity contribution in [3.8, 4) is 0 Å². The molecule has 1 unspecified atom stereocenters. The molecule has 0 aliphatic carbocycles. The Kier molecular flexibility index (Phi) is 5.66. The van der Waals surface area contributed by atoms with Gasteiger partial charge < -0.3 is 5.32 Å². The molecular weight excluding hydrogens is 239 g/mol. The zero-order valence-corrected chi connectivity index (χ0v) is 10.8. The van der Waals surface area contributed by atoms with Crippen molar-refractivity contribution in [2.75, 3.05) is 6.54 Å². The van der Waals surface area contributed by atoms with Crippen LogP contribution in [0.3, 0.4) is 0 Å². The topological polar surface area (TPSA) is 12.0 Å². The molecule has 102 valence electrons. The highest BCUT2D eigenvalue weighted by Gasteiger charge is 2.26. The zero-order valence-electron chi connectivity index (χ0n) is 10.8. The Labute approximate surface area is 106 Å². The Bertz CT molecular complexity index is 343. The predicted octanol–water partition coefficient (Wildman–Crippen LogP) is 4.24. The fourth-order valence-electron chi connectivity index (χ4n) is 1.87. The second kappa shape index (κ2) is 6.78. The molecule has 0 saturated carbocycles. The van der Waals surface area contributed by atoms with Crippen LogP contribution in [0.15, 0.2) is 24.3 Å². The molecular formula is C14H20F3N. The Morgan fingerprint density at radius 1 is 1.11 bits per heavy atom. The Balaban J connectivity index is 2.54. The molecule has 1 N–H and O–H groups in total. The van der Waals surface area contributed by atoms with E-state index < -0.39 is 12.6 Å². The molecule has 0 amide bonds. The van der Waals surface area contributed by atoms with Crippen LogP contribution in [0.1, 0.15) is 43.9 Å². The maximum absolute atomic E-state index is 12.1. The van der Waals surface area contributed by atoms with Gasteiger partial charge in [-0.15, -0.1) is 0 Å². The number of halogens is 3. The highest BCUT2D eigenvalue weighted by atomic mass is 19.4. The number of benzene rings is 1. The molecule has 18 heavy (non-hydrogen) atoms. The summed E-state index contributed by atoms with van der Waals surface area (Å²) >= 11 is 0. The van der Waals surface area contributed by atoms with Gasteiger partial charge in [0.2, 0.25) is 0 Å². The van der Waals surface area contributed by atoms with E-state index in [2.05, 4.69) is 12.2 Å². The van der Waals surface area contributed by atoms with Crippen molar-refractivity contribution in [1.29, 1.82) is 0 Å². The zero-order chi connectivity index (χ0) is 13.6. The molecule has 0 bridgehead atoms.